The molecule has 118 valence electrons. The van der Waals surface area contributed by atoms with Gasteiger partial charge in [-0.15, -0.1) is 0 Å². The largest absolute Gasteiger partial charge is 0.341 e. The third-order valence-corrected chi connectivity index (χ3v) is 4.26. The molecule has 1 N–H and O–H groups in total. The van der Waals surface area contributed by atoms with Gasteiger partial charge in [-0.3, -0.25) is 4.79 Å². The van der Waals surface area contributed by atoms with Crippen molar-refractivity contribution in [3.63, 3.8) is 0 Å². The molecule has 1 amide bonds. The molecule has 0 aromatic rings. The molecule has 1 heterocycles. The van der Waals surface area contributed by atoms with Crippen LogP contribution in [0.15, 0.2) is 0 Å². The Hall–Kier alpha value is -0.570. The molecule has 3 nitrogen and oxygen atoms in total. The summed E-state index contributed by atoms with van der Waals surface area (Å²) in [6.07, 6.45) is 12.1. The van der Waals surface area contributed by atoms with E-state index in [4.69, 9.17) is 0 Å². The molecule has 0 bridgehead atoms. The van der Waals surface area contributed by atoms with Crippen LogP contribution in [-0.2, 0) is 4.79 Å². The van der Waals surface area contributed by atoms with Gasteiger partial charge in [0.15, 0.2) is 0 Å². The number of carbonyl (C=O) groups excluding carboxylic acids is 1. The summed E-state index contributed by atoms with van der Waals surface area (Å²) in [6.45, 7) is 7.28. The van der Waals surface area contributed by atoms with Gasteiger partial charge in [0.05, 0.1) is 0 Å². The normalized spacial score (nSPS) is 19.3. The standard InChI is InChI=1S/C17H34N2O/c1-3-5-6-7-8-9-10-13-17(20)19-14-11-12-16(15-19)18-4-2/h16,18H,3-15H2,1-2H3. The highest BCUT2D eigenvalue weighted by molar-refractivity contribution is 5.76. The highest BCUT2D eigenvalue weighted by Gasteiger charge is 2.22. The fourth-order valence-corrected chi connectivity index (χ4v) is 3.05. The van der Waals surface area contributed by atoms with Crippen molar-refractivity contribution in [2.75, 3.05) is 19.6 Å². The second-order valence-electron chi connectivity index (χ2n) is 6.11. The lowest BCUT2D eigenvalue weighted by Crippen LogP contribution is -2.47. The molecule has 20 heavy (non-hydrogen) atoms. The van der Waals surface area contributed by atoms with Gasteiger partial charge in [-0.2, -0.15) is 0 Å². The molecule has 0 aromatic carbocycles. The van der Waals surface area contributed by atoms with E-state index in [0.29, 0.717) is 11.9 Å². The van der Waals surface area contributed by atoms with E-state index in [9.17, 15) is 4.79 Å². The maximum absolute atomic E-state index is 12.2. The number of hydrogen-bond donors (Lipinski definition) is 1. The molecule has 1 aliphatic heterocycles. The number of likely N-dealkylation sites (tertiary alicyclic amines) is 1. The molecule has 1 fully saturated rings. The fraction of sp³-hybridized carbons (Fsp3) is 0.941. The average Bonchev–Trinajstić information content (AvgIpc) is 2.47. The molecule has 1 aliphatic rings. The van der Waals surface area contributed by atoms with Gasteiger partial charge in [-0.25, -0.2) is 0 Å². The highest BCUT2D eigenvalue weighted by Crippen LogP contribution is 2.14. The predicted molar refractivity (Wildman–Crippen MR) is 85.9 cm³/mol. The molecule has 1 saturated heterocycles. The van der Waals surface area contributed by atoms with Gasteiger partial charge in [0.25, 0.3) is 0 Å². The third-order valence-electron chi connectivity index (χ3n) is 4.26. The Morgan fingerprint density at radius 1 is 1.10 bits per heavy atom. The Labute approximate surface area is 125 Å². The van der Waals surface area contributed by atoms with Crippen molar-refractivity contribution in [1.29, 1.82) is 0 Å². The number of nitrogens with zero attached hydrogens (tertiary/aromatic N) is 1. The van der Waals surface area contributed by atoms with Gasteiger partial charge in [0.1, 0.15) is 0 Å². The number of piperidine rings is 1. The summed E-state index contributed by atoms with van der Waals surface area (Å²) in [7, 11) is 0. The summed E-state index contributed by atoms with van der Waals surface area (Å²) in [4.78, 5) is 14.3. The van der Waals surface area contributed by atoms with Crippen molar-refractivity contribution in [1.82, 2.24) is 10.2 Å². The fourth-order valence-electron chi connectivity index (χ4n) is 3.05. The molecule has 1 unspecified atom stereocenters. The zero-order valence-electron chi connectivity index (χ0n) is 13.6. The zero-order valence-corrected chi connectivity index (χ0v) is 13.6. The van der Waals surface area contributed by atoms with Crippen LogP contribution in [-0.4, -0.2) is 36.5 Å². The minimum Gasteiger partial charge on any atom is -0.341 e. The first-order valence-electron chi connectivity index (χ1n) is 8.79. The second-order valence-corrected chi connectivity index (χ2v) is 6.11. The molecule has 0 radical (unpaired) electrons. The molecule has 1 rings (SSSR count). The average molecular weight is 282 g/mol. The van der Waals surface area contributed by atoms with Crippen molar-refractivity contribution in [3.8, 4) is 0 Å². The summed E-state index contributed by atoms with van der Waals surface area (Å²) >= 11 is 0. The summed E-state index contributed by atoms with van der Waals surface area (Å²) in [5, 5.41) is 3.47. The lowest BCUT2D eigenvalue weighted by Gasteiger charge is -2.33. The Bertz CT molecular complexity index is 253. The van der Waals surface area contributed by atoms with Crippen LogP contribution in [0.5, 0.6) is 0 Å². The highest BCUT2D eigenvalue weighted by atomic mass is 16.2. The summed E-state index contributed by atoms with van der Waals surface area (Å²) in [6, 6.07) is 0.520. The van der Waals surface area contributed by atoms with Crippen molar-refractivity contribution >= 4 is 5.91 Å². The van der Waals surface area contributed by atoms with E-state index in [1.54, 1.807) is 0 Å². The molecule has 0 aromatic heterocycles. The van der Waals surface area contributed by atoms with Crippen molar-refractivity contribution in [2.45, 2.75) is 84.1 Å². The second kappa shape index (κ2) is 11.1. The zero-order chi connectivity index (χ0) is 14.6. The quantitative estimate of drug-likeness (QED) is 0.619. The predicted octanol–water partition coefficient (Wildman–Crippen LogP) is 3.73. The monoisotopic (exact) mass is 282 g/mol. The SMILES string of the molecule is CCCCCCCCCC(=O)N1CCCC(NCC)C1. The Morgan fingerprint density at radius 3 is 2.50 bits per heavy atom. The minimum absolute atomic E-state index is 0.376. The number of rotatable bonds is 10. The van der Waals surface area contributed by atoms with Crippen LogP contribution in [0.3, 0.4) is 0 Å². The van der Waals surface area contributed by atoms with Crippen molar-refractivity contribution in [2.24, 2.45) is 0 Å². The van der Waals surface area contributed by atoms with E-state index in [-0.39, 0.29) is 0 Å². The van der Waals surface area contributed by atoms with Crippen LogP contribution in [0.2, 0.25) is 0 Å². The van der Waals surface area contributed by atoms with Gasteiger partial charge in [0, 0.05) is 25.6 Å². The van der Waals surface area contributed by atoms with Gasteiger partial charge in [-0.05, 0) is 25.8 Å². The molecule has 0 spiro atoms. The lowest BCUT2D eigenvalue weighted by atomic mass is 10.0. The summed E-state index contributed by atoms with van der Waals surface area (Å²) in [5.74, 6) is 0.376. The minimum atomic E-state index is 0.376. The van der Waals surface area contributed by atoms with Gasteiger partial charge < -0.3 is 10.2 Å². The molecule has 0 saturated carbocycles. The summed E-state index contributed by atoms with van der Waals surface area (Å²) < 4.78 is 0. The molecule has 1 atom stereocenters. The Kier molecular flexibility index (Phi) is 9.73. The van der Waals surface area contributed by atoms with Crippen LogP contribution in [0.25, 0.3) is 0 Å². The van der Waals surface area contributed by atoms with E-state index in [0.717, 1.165) is 38.9 Å². The van der Waals surface area contributed by atoms with Gasteiger partial charge in [0.2, 0.25) is 5.91 Å². The number of nitrogens with one attached hydrogen (secondary N) is 1. The van der Waals surface area contributed by atoms with Crippen LogP contribution < -0.4 is 5.32 Å². The number of amides is 1. The Balaban J connectivity index is 2.06. The van der Waals surface area contributed by atoms with Crippen LogP contribution in [0, 0.1) is 0 Å². The number of hydrogen-bond acceptors (Lipinski definition) is 2. The third kappa shape index (κ3) is 7.28. The molecular weight excluding hydrogens is 248 g/mol. The maximum Gasteiger partial charge on any atom is 0.222 e. The first kappa shape index (κ1) is 17.5. The first-order valence-corrected chi connectivity index (χ1v) is 8.79. The van der Waals surface area contributed by atoms with Crippen LogP contribution >= 0.6 is 0 Å². The molecule has 3 heteroatoms. The topological polar surface area (TPSA) is 32.3 Å². The number of likely N-dealkylation sites (N-methyl/N-ethyl adjacent to an activating group) is 1. The van der Waals surface area contributed by atoms with Crippen molar-refractivity contribution in [3.05, 3.63) is 0 Å². The van der Waals surface area contributed by atoms with E-state index in [1.165, 1.54) is 44.9 Å². The van der Waals surface area contributed by atoms with E-state index >= 15 is 0 Å². The van der Waals surface area contributed by atoms with Crippen LogP contribution in [0.4, 0.5) is 0 Å². The van der Waals surface area contributed by atoms with E-state index < -0.39 is 0 Å². The van der Waals surface area contributed by atoms with Gasteiger partial charge in [-0.1, -0.05) is 52.4 Å². The molecule has 0 aliphatic carbocycles. The molecular formula is C17H34N2O. The van der Waals surface area contributed by atoms with E-state index in [2.05, 4.69) is 24.1 Å². The smallest absolute Gasteiger partial charge is 0.222 e. The van der Waals surface area contributed by atoms with E-state index in [1.807, 2.05) is 0 Å². The van der Waals surface area contributed by atoms with Crippen molar-refractivity contribution < 1.29 is 4.79 Å². The summed E-state index contributed by atoms with van der Waals surface area (Å²) in [5.41, 5.74) is 0. The van der Waals surface area contributed by atoms with Gasteiger partial charge >= 0.3 is 0 Å². The lowest BCUT2D eigenvalue weighted by molar-refractivity contribution is -0.132. The first-order chi connectivity index (χ1) is 9.77. The number of unbranched alkanes of at least 4 members (excludes halogenated alkanes) is 6. The Morgan fingerprint density at radius 2 is 1.80 bits per heavy atom. The maximum atomic E-state index is 12.2. The van der Waals surface area contributed by atoms with Crippen LogP contribution in [0.1, 0.15) is 78.1 Å². The number of carbonyl (C=O) groups is 1.